The lowest BCUT2D eigenvalue weighted by Crippen LogP contribution is -2.22. The molecule has 1 aromatic heterocycles. The first-order valence-corrected chi connectivity index (χ1v) is 12.5. The van der Waals surface area contributed by atoms with E-state index in [1.807, 2.05) is 6.07 Å². The predicted octanol–water partition coefficient (Wildman–Crippen LogP) is 6.62. The molecule has 0 radical (unpaired) electrons. The van der Waals surface area contributed by atoms with Crippen LogP contribution >= 0.6 is 7.92 Å². The normalized spacial score (nSPS) is 16.3. The van der Waals surface area contributed by atoms with Crippen LogP contribution in [0.4, 0.5) is 0 Å². The van der Waals surface area contributed by atoms with E-state index in [1.165, 1.54) is 21.6 Å². The number of allylic oxidation sites excluding steroid dienone is 4. The molecule has 3 aromatic carbocycles. The molecule has 1 aliphatic rings. The lowest BCUT2D eigenvalue weighted by molar-refractivity contribution is 0.424. The Hall–Kier alpha value is -3.22. The van der Waals surface area contributed by atoms with E-state index in [4.69, 9.17) is 5.10 Å². The molecule has 0 saturated carbocycles. The lowest BCUT2D eigenvalue weighted by Gasteiger charge is -2.29. The summed E-state index contributed by atoms with van der Waals surface area (Å²) in [7, 11) is -0.603. The van der Waals surface area contributed by atoms with E-state index in [9.17, 15) is 0 Å². The van der Waals surface area contributed by atoms with Gasteiger partial charge in [0, 0.05) is 17.2 Å². The van der Waals surface area contributed by atoms with Crippen LogP contribution in [0, 0.1) is 12.8 Å². The highest BCUT2D eigenvalue weighted by Crippen LogP contribution is 2.51. The molecule has 158 valence electrons. The van der Waals surface area contributed by atoms with Crippen molar-refractivity contribution < 1.29 is 0 Å². The van der Waals surface area contributed by atoms with E-state index < -0.39 is 7.92 Å². The summed E-state index contributed by atoms with van der Waals surface area (Å²) in [6.45, 7) is 4.46. The molecule has 0 amide bonds. The summed E-state index contributed by atoms with van der Waals surface area (Å²) in [5.41, 5.74) is 3.39. The highest BCUT2D eigenvalue weighted by molar-refractivity contribution is 7.76. The van der Waals surface area contributed by atoms with Crippen LogP contribution in [0.5, 0.6) is 0 Å². The van der Waals surface area contributed by atoms with E-state index in [0.717, 1.165) is 11.3 Å². The molecule has 0 N–H and O–H groups in total. The van der Waals surface area contributed by atoms with Gasteiger partial charge in [-0.1, -0.05) is 109 Å². The van der Waals surface area contributed by atoms with Gasteiger partial charge in [0.25, 0.3) is 0 Å². The zero-order valence-corrected chi connectivity index (χ0v) is 19.4. The van der Waals surface area contributed by atoms with Crippen molar-refractivity contribution in [2.45, 2.75) is 19.9 Å². The third-order valence-electron chi connectivity index (χ3n) is 6.11. The lowest BCUT2D eigenvalue weighted by atomic mass is 10.0. The molecule has 0 aliphatic heterocycles. The quantitative estimate of drug-likeness (QED) is 0.312. The summed E-state index contributed by atoms with van der Waals surface area (Å²) in [6.07, 6.45) is 6.92. The van der Waals surface area contributed by atoms with Crippen LogP contribution in [0.25, 0.3) is 11.3 Å². The van der Waals surface area contributed by atoms with Crippen LogP contribution in [-0.2, 0) is 0 Å². The Labute approximate surface area is 191 Å². The summed E-state index contributed by atoms with van der Waals surface area (Å²) < 4.78 is 2.21. The van der Waals surface area contributed by atoms with Gasteiger partial charge in [0.1, 0.15) is 0 Å². The van der Waals surface area contributed by atoms with Crippen LogP contribution < -0.4 is 10.6 Å². The second-order valence-corrected chi connectivity index (χ2v) is 10.5. The minimum Gasteiger partial charge on any atom is -0.266 e. The summed E-state index contributed by atoms with van der Waals surface area (Å²) in [4.78, 5) is 0. The maximum absolute atomic E-state index is 5.03. The van der Waals surface area contributed by atoms with Crippen molar-refractivity contribution in [3.8, 4) is 11.3 Å². The standard InChI is InChI=1S/C29H27N2P/c1-22-21-28(24-13-6-3-7-14-24)30-31(22)23(2)27-19-12-20-29(27)32(25-15-8-4-9-16-25)26-17-10-5-11-18-26/h3-21,23,27H,1-2H3/t23-,27?/m1/s1. The Morgan fingerprint density at radius 2 is 1.38 bits per heavy atom. The highest BCUT2D eigenvalue weighted by Gasteiger charge is 2.31. The minimum absolute atomic E-state index is 0.231. The van der Waals surface area contributed by atoms with Gasteiger partial charge in [-0.2, -0.15) is 5.10 Å². The van der Waals surface area contributed by atoms with E-state index in [1.54, 1.807) is 0 Å². The fourth-order valence-corrected chi connectivity index (χ4v) is 7.19. The van der Waals surface area contributed by atoms with Gasteiger partial charge >= 0.3 is 0 Å². The minimum atomic E-state index is -0.603. The second kappa shape index (κ2) is 9.10. The molecule has 1 aliphatic carbocycles. The monoisotopic (exact) mass is 434 g/mol. The van der Waals surface area contributed by atoms with Crippen LogP contribution in [0.3, 0.4) is 0 Å². The molecule has 2 atom stereocenters. The fraction of sp³-hybridized carbons (Fsp3) is 0.138. The molecular formula is C29H27N2P. The molecule has 0 fully saturated rings. The van der Waals surface area contributed by atoms with Crippen LogP contribution in [0.2, 0.25) is 0 Å². The SMILES string of the molecule is Cc1cc(-c2ccccc2)nn1[C@H](C)C1C=CC=C1P(c1ccccc1)c1ccccc1. The van der Waals surface area contributed by atoms with Crippen molar-refractivity contribution in [3.05, 3.63) is 126 Å². The largest absolute Gasteiger partial charge is 0.266 e. The maximum atomic E-state index is 5.03. The Morgan fingerprint density at radius 1 is 0.812 bits per heavy atom. The summed E-state index contributed by atoms with van der Waals surface area (Å²) in [6, 6.07) is 34.8. The molecule has 1 unspecified atom stereocenters. The number of hydrogen-bond donors (Lipinski definition) is 0. The van der Waals surface area contributed by atoms with Crippen molar-refractivity contribution in [3.63, 3.8) is 0 Å². The average Bonchev–Trinajstić information content (AvgIpc) is 3.48. The van der Waals surface area contributed by atoms with Crippen molar-refractivity contribution in [1.82, 2.24) is 9.78 Å². The van der Waals surface area contributed by atoms with Crippen molar-refractivity contribution in [1.29, 1.82) is 0 Å². The van der Waals surface area contributed by atoms with E-state index in [-0.39, 0.29) is 6.04 Å². The fourth-order valence-electron chi connectivity index (χ4n) is 4.52. The van der Waals surface area contributed by atoms with Crippen molar-refractivity contribution in [2.75, 3.05) is 0 Å². The van der Waals surface area contributed by atoms with Gasteiger partial charge in [-0.3, -0.25) is 4.68 Å². The Balaban J connectivity index is 1.51. The smallest absolute Gasteiger partial charge is 0.0926 e. The van der Waals surface area contributed by atoms with Crippen LogP contribution in [0.1, 0.15) is 18.7 Å². The molecule has 3 heteroatoms. The summed E-state index contributed by atoms with van der Waals surface area (Å²) >= 11 is 0. The van der Waals surface area contributed by atoms with E-state index in [2.05, 4.69) is 128 Å². The van der Waals surface area contributed by atoms with Crippen molar-refractivity contribution in [2.24, 2.45) is 5.92 Å². The molecule has 0 bridgehead atoms. The molecule has 5 rings (SSSR count). The zero-order chi connectivity index (χ0) is 21.9. The Morgan fingerprint density at radius 3 is 1.97 bits per heavy atom. The summed E-state index contributed by atoms with van der Waals surface area (Å²) in [5, 5.41) is 9.30. The Bertz CT molecular complexity index is 1200. The topological polar surface area (TPSA) is 17.8 Å². The van der Waals surface area contributed by atoms with Gasteiger partial charge in [0.05, 0.1) is 11.7 Å². The molecule has 32 heavy (non-hydrogen) atoms. The first-order valence-electron chi connectivity index (χ1n) is 11.1. The van der Waals surface area contributed by atoms with Gasteiger partial charge in [0.15, 0.2) is 0 Å². The number of nitrogens with zero attached hydrogens (tertiary/aromatic N) is 2. The number of aryl methyl sites for hydroxylation is 1. The number of benzene rings is 3. The van der Waals surface area contributed by atoms with Gasteiger partial charge in [0.2, 0.25) is 0 Å². The molecular weight excluding hydrogens is 407 g/mol. The summed E-state index contributed by atoms with van der Waals surface area (Å²) in [5.74, 6) is 0.309. The third-order valence-corrected chi connectivity index (χ3v) is 8.70. The third kappa shape index (κ3) is 3.99. The molecule has 4 aromatic rings. The van der Waals surface area contributed by atoms with Crippen LogP contribution in [0.15, 0.2) is 121 Å². The second-order valence-electron chi connectivity index (χ2n) is 8.23. The van der Waals surface area contributed by atoms with Crippen LogP contribution in [-0.4, -0.2) is 9.78 Å². The maximum Gasteiger partial charge on any atom is 0.0926 e. The first-order chi connectivity index (χ1) is 15.7. The zero-order valence-electron chi connectivity index (χ0n) is 18.5. The average molecular weight is 435 g/mol. The van der Waals surface area contributed by atoms with Gasteiger partial charge in [-0.05, 0) is 43.8 Å². The number of aromatic nitrogens is 2. The van der Waals surface area contributed by atoms with E-state index >= 15 is 0 Å². The molecule has 2 nitrogen and oxygen atoms in total. The number of hydrogen-bond acceptors (Lipinski definition) is 1. The van der Waals surface area contributed by atoms with Gasteiger partial charge < -0.3 is 0 Å². The predicted molar refractivity (Wildman–Crippen MR) is 137 cm³/mol. The van der Waals surface area contributed by atoms with Gasteiger partial charge in [-0.25, -0.2) is 0 Å². The molecule has 0 spiro atoms. The van der Waals surface area contributed by atoms with Gasteiger partial charge in [-0.15, -0.1) is 0 Å². The first kappa shape index (κ1) is 20.7. The van der Waals surface area contributed by atoms with E-state index in [0.29, 0.717) is 5.92 Å². The molecule has 1 heterocycles. The number of rotatable bonds is 6. The van der Waals surface area contributed by atoms with Crippen molar-refractivity contribution >= 4 is 18.5 Å². The molecule has 0 saturated heterocycles. The highest BCUT2D eigenvalue weighted by atomic mass is 31.1. The Kier molecular flexibility index (Phi) is 5.88.